The minimum Gasteiger partial charge on any atom is -0.347 e. The summed E-state index contributed by atoms with van der Waals surface area (Å²) in [5.41, 5.74) is 2.82. The zero-order valence-corrected chi connectivity index (χ0v) is 16.9. The van der Waals surface area contributed by atoms with Crippen LogP contribution in [0, 0.1) is 6.92 Å². The number of pyridine rings is 1. The van der Waals surface area contributed by atoms with Crippen LogP contribution in [0.5, 0.6) is 0 Å². The Labute approximate surface area is 163 Å². The molecule has 0 aliphatic heterocycles. The zero-order chi connectivity index (χ0) is 19.6. The Kier molecular flexibility index (Phi) is 5.71. The molecule has 0 fully saturated rings. The van der Waals surface area contributed by atoms with Crippen LogP contribution in [0.3, 0.4) is 0 Å². The van der Waals surface area contributed by atoms with Gasteiger partial charge in [-0.2, -0.15) is 0 Å². The Morgan fingerprint density at radius 3 is 2.52 bits per heavy atom. The smallest absolute Gasteiger partial charge is 0.257 e. The van der Waals surface area contributed by atoms with E-state index in [4.69, 9.17) is 0 Å². The lowest BCUT2D eigenvalue weighted by Crippen LogP contribution is -2.31. The Bertz CT molecular complexity index is 1040. The highest BCUT2D eigenvalue weighted by Crippen LogP contribution is 2.19. The lowest BCUT2D eigenvalue weighted by Gasteiger charge is -2.16. The molecule has 2 aromatic carbocycles. The SMILES string of the molecule is CCn1cc(C(=O)N[C@H](C)c2ccc(SC)cc2)c(=O)c2cc(C)ccc21. The summed E-state index contributed by atoms with van der Waals surface area (Å²) < 4.78 is 1.95. The van der Waals surface area contributed by atoms with Gasteiger partial charge in [0.2, 0.25) is 5.43 Å². The molecule has 0 bridgehead atoms. The molecule has 1 aromatic heterocycles. The number of benzene rings is 2. The van der Waals surface area contributed by atoms with Crippen molar-refractivity contribution in [1.82, 2.24) is 9.88 Å². The van der Waals surface area contributed by atoms with Crippen molar-refractivity contribution in [2.75, 3.05) is 6.26 Å². The number of rotatable bonds is 5. The molecule has 3 rings (SSSR count). The predicted molar refractivity (Wildman–Crippen MR) is 113 cm³/mol. The summed E-state index contributed by atoms with van der Waals surface area (Å²) in [6, 6.07) is 13.7. The van der Waals surface area contributed by atoms with Gasteiger partial charge in [0.1, 0.15) is 5.56 Å². The van der Waals surface area contributed by atoms with Gasteiger partial charge >= 0.3 is 0 Å². The summed E-state index contributed by atoms with van der Waals surface area (Å²) in [6.45, 7) is 6.56. The second-order valence-corrected chi connectivity index (χ2v) is 7.53. The fraction of sp³-hybridized carbons (Fsp3) is 0.273. The van der Waals surface area contributed by atoms with E-state index in [-0.39, 0.29) is 22.9 Å². The molecule has 3 aromatic rings. The van der Waals surface area contributed by atoms with Crippen molar-refractivity contribution >= 4 is 28.6 Å². The molecular formula is C22H24N2O2S. The number of hydrogen-bond acceptors (Lipinski definition) is 3. The van der Waals surface area contributed by atoms with Crippen molar-refractivity contribution in [3.63, 3.8) is 0 Å². The minimum absolute atomic E-state index is 0.183. The van der Waals surface area contributed by atoms with Crippen LogP contribution in [0.1, 0.15) is 41.4 Å². The Hall–Kier alpha value is -2.53. The molecule has 0 unspecified atom stereocenters. The van der Waals surface area contributed by atoms with Crippen LogP contribution < -0.4 is 10.7 Å². The van der Waals surface area contributed by atoms with E-state index in [1.54, 1.807) is 18.0 Å². The quantitative estimate of drug-likeness (QED) is 0.661. The van der Waals surface area contributed by atoms with Crippen molar-refractivity contribution in [2.45, 2.75) is 38.3 Å². The first kappa shape index (κ1) is 19.2. The molecule has 0 saturated carbocycles. The first-order chi connectivity index (χ1) is 12.9. The van der Waals surface area contributed by atoms with Crippen LogP contribution in [0.4, 0.5) is 0 Å². The molecule has 1 heterocycles. The van der Waals surface area contributed by atoms with E-state index in [2.05, 4.69) is 5.32 Å². The molecular weight excluding hydrogens is 356 g/mol. The summed E-state index contributed by atoms with van der Waals surface area (Å²) in [5, 5.41) is 3.55. The highest BCUT2D eigenvalue weighted by molar-refractivity contribution is 7.98. The fourth-order valence-corrected chi connectivity index (χ4v) is 3.59. The van der Waals surface area contributed by atoms with Gasteiger partial charge in [-0.05, 0) is 56.9 Å². The Morgan fingerprint density at radius 1 is 1.19 bits per heavy atom. The van der Waals surface area contributed by atoms with E-state index in [9.17, 15) is 9.59 Å². The minimum atomic E-state index is -0.341. The topological polar surface area (TPSA) is 51.1 Å². The molecule has 1 atom stereocenters. The van der Waals surface area contributed by atoms with Gasteiger partial charge in [0.25, 0.3) is 5.91 Å². The van der Waals surface area contributed by atoms with Gasteiger partial charge in [-0.15, -0.1) is 11.8 Å². The molecule has 1 N–H and O–H groups in total. The number of nitrogens with zero attached hydrogens (tertiary/aromatic N) is 1. The van der Waals surface area contributed by atoms with Crippen molar-refractivity contribution in [3.05, 3.63) is 75.6 Å². The highest BCUT2D eigenvalue weighted by atomic mass is 32.2. The van der Waals surface area contributed by atoms with E-state index < -0.39 is 0 Å². The van der Waals surface area contributed by atoms with Crippen LogP contribution in [0.2, 0.25) is 0 Å². The summed E-state index contributed by atoms with van der Waals surface area (Å²) in [6.07, 6.45) is 3.69. The number of hydrogen-bond donors (Lipinski definition) is 1. The third-order valence-corrected chi connectivity index (χ3v) is 5.53. The summed E-state index contributed by atoms with van der Waals surface area (Å²) in [4.78, 5) is 26.9. The maximum Gasteiger partial charge on any atom is 0.257 e. The molecule has 27 heavy (non-hydrogen) atoms. The van der Waals surface area contributed by atoms with E-state index in [0.29, 0.717) is 11.9 Å². The number of aryl methyl sites for hydroxylation is 2. The standard InChI is InChI=1S/C22H24N2O2S/c1-5-24-13-19(21(25)18-12-14(2)6-11-20(18)24)22(26)23-15(3)16-7-9-17(27-4)10-8-16/h6-13,15H,5H2,1-4H3,(H,23,26)/t15-/m1/s1. The molecule has 0 spiro atoms. The second kappa shape index (κ2) is 8.01. The van der Waals surface area contributed by atoms with Crippen molar-refractivity contribution in [1.29, 1.82) is 0 Å². The van der Waals surface area contributed by atoms with E-state index in [0.717, 1.165) is 16.6 Å². The van der Waals surface area contributed by atoms with Crippen LogP contribution >= 0.6 is 11.8 Å². The fourth-order valence-electron chi connectivity index (χ4n) is 3.18. The molecule has 140 valence electrons. The predicted octanol–water partition coefficient (Wildman–Crippen LogP) is 4.54. The van der Waals surface area contributed by atoms with Gasteiger partial charge in [-0.3, -0.25) is 9.59 Å². The van der Waals surface area contributed by atoms with Gasteiger partial charge in [0.05, 0.1) is 11.6 Å². The lowest BCUT2D eigenvalue weighted by atomic mass is 10.1. The third kappa shape index (κ3) is 3.93. The Balaban J connectivity index is 1.95. The summed E-state index contributed by atoms with van der Waals surface area (Å²) >= 11 is 1.68. The summed E-state index contributed by atoms with van der Waals surface area (Å²) in [5.74, 6) is -0.341. The van der Waals surface area contributed by atoms with Gasteiger partial charge in [0.15, 0.2) is 0 Å². The van der Waals surface area contributed by atoms with Crippen LogP contribution in [0.15, 0.2) is 58.4 Å². The van der Waals surface area contributed by atoms with E-state index in [1.165, 1.54) is 4.90 Å². The number of amides is 1. The number of aromatic nitrogens is 1. The highest BCUT2D eigenvalue weighted by Gasteiger charge is 2.17. The average Bonchev–Trinajstić information content (AvgIpc) is 2.68. The average molecular weight is 381 g/mol. The molecule has 0 saturated heterocycles. The van der Waals surface area contributed by atoms with Gasteiger partial charge in [0, 0.05) is 23.0 Å². The van der Waals surface area contributed by atoms with Gasteiger partial charge < -0.3 is 9.88 Å². The molecule has 4 nitrogen and oxygen atoms in total. The number of carbonyl (C=O) groups excluding carboxylic acids is 1. The van der Waals surface area contributed by atoms with Gasteiger partial charge in [-0.25, -0.2) is 0 Å². The number of fused-ring (bicyclic) bond motifs is 1. The lowest BCUT2D eigenvalue weighted by molar-refractivity contribution is 0.0938. The monoisotopic (exact) mass is 380 g/mol. The normalized spacial score (nSPS) is 12.1. The van der Waals surface area contributed by atoms with Crippen LogP contribution in [0.25, 0.3) is 10.9 Å². The van der Waals surface area contributed by atoms with Crippen molar-refractivity contribution < 1.29 is 4.79 Å². The van der Waals surface area contributed by atoms with Crippen LogP contribution in [-0.2, 0) is 6.54 Å². The van der Waals surface area contributed by atoms with E-state index >= 15 is 0 Å². The van der Waals surface area contributed by atoms with Gasteiger partial charge in [-0.1, -0.05) is 23.8 Å². The molecule has 0 radical (unpaired) electrons. The number of nitrogens with one attached hydrogen (secondary N) is 1. The molecule has 0 aliphatic carbocycles. The number of carbonyl (C=O) groups is 1. The van der Waals surface area contributed by atoms with E-state index in [1.807, 2.05) is 74.1 Å². The maximum atomic E-state index is 12.9. The summed E-state index contributed by atoms with van der Waals surface area (Å²) in [7, 11) is 0. The zero-order valence-electron chi connectivity index (χ0n) is 16.1. The Morgan fingerprint density at radius 2 is 1.89 bits per heavy atom. The van der Waals surface area contributed by atoms with Crippen molar-refractivity contribution in [3.8, 4) is 0 Å². The third-order valence-electron chi connectivity index (χ3n) is 4.78. The number of thioether (sulfide) groups is 1. The van der Waals surface area contributed by atoms with Crippen molar-refractivity contribution in [2.24, 2.45) is 0 Å². The maximum absolute atomic E-state index is 12.9. The van der Waals surface area contributed by atoms with Crippen LogP contribution in [-0.4, -0.2) is 16.7 Å². The molecule has 0 aliphatic rings. The molecule has 1 amide bonds. The first-order valence-corrected chi connectivity index (χ1v) is 10.3. The second-order valence-electron chi connectivity index (χ2n) is 6.65. The largest absolute Gasteiger partial charge is 0.347 e. The molecule has 5 heteroatoms. The first-order valence-electron chi connectivity index (χ1n) is 9.03.